The monoisotopic (exact) mass is 399 g/mol. The molecule has 1 N–H and O–H groups in total. The largest absolute Gasteiger partial charge is 0.452 e. The van der Waals surface area contributed by atoms with Crippen molar-refractivity contribution in [2.24, 2.45) is 0 Å². The van der Waals surface area contributed by atoms with Gasteiger partial charge in [-0.05, 0) is 49.1 Å². The predicted octanol–water partition coefficient (Wildman–Crippen LogP) is 4.68. The third-order valence-electron chi connectivity index (χ3n) is 4.25. The van der Waals surface area contributed by atoms with E-state index >= 15 is 0 Å². The number of amides is 1. The molecule has 0 bridgehead atoms. The Morgan fingerprint density at radius 1 is 1.07 bits per heavy atom. The number of hydrogen-bond donors (Lipinski definition) is 1. The molecular weight excluding hydrogens is 374 g/mol. The minimum atomic E-state index is -0.589. The summed E-state index contributed by atoms with van der Waals surface area (Å²) in [7, 11) is 0. The molecule has 5 nitrogen and oxygen atoms in total. The van der Waals surface area contributed by atoms with E-state index in [4.69, 9.17) is 4.74 Å². The van der Waals surface area contributed by atoms with Crippen molar-refractivity contribution >= 4 is 35.1 Å². The molecule has 0 radical (unpaired) electrons. The number of hydrogen-bond acceptors (Lipinski definition) is 5. The second-order valence-corrected chi connectivity index (χ2v) is 7.56. The molecule has 0 aliphatic rings. The fraction of sp³-hybridized carbons (Fsp3) is 0.318. The van der Waals surface area contributed by atoms with E-state index in [0.717, 1.165) is 6.42 Å². The van der Waals surface area contributed by atoms with Crippen molar-refractivity contribution in [1.82, 2.24) is 0 Å². The van der Waals surface area contributed by atoms with Crippen LogP contribution < -0.4 is 5.32 Å². The fourth-order valence-corrected chi connectivity index (χ4v) is 3.32. The first-order chi connectivity index (χ1) is 13.4. The van der Waals surface area contributed by atoms with Crippen LogP contribution in [-0.2, 0) is 14.3 Å². The number of nitrogens with one attached hydrogen (secondary N) is 1. The topological polar surface area (TPSA) is 72.5 Å². The Morgan fingerprint density at radius 2 is 1.75 bits per heavy atom. The van der Waals surface area contributed by atoms with Crippen LogP contribution in [0, 0.1) is 0 Å². The van der Waals surface area contributed by atoms with E-state index in [9.17, 15) is 14.4 Å². The molecule has 0 saturated heterocycles. The molecule has 6 heteroatoms. The van der Waals surface area contributed by atoms with Crippen LogP contribution in [-0.4, -0.2) is 30.0 Å². The van der Waals surface area contributed by atoms with Gasteiger partial charge in [-0.3, -0.25) is 9.59 Å². The number of benzene rings is 2. The molecule has 0 fully saturated rings. The Kier molecular flexibility index (Phi) is 8.26. The van der Waals surface area contributed by atoms with Gasteiger partial charge in [-0.2, -0.15) is 0 Å². The zero-order valence-corrected chi connectivity index (χ0v) is 17.2. The highest BCUT2D eigenvalue weighted by Gasteiger charge is 2.15. The zero-order chi connectivity index (χ0) is 20.5. The van der Waals surface area contributed by atoms with Gasteiger partial charge in [-0.1, -0.05) is 38.1 Å². The van der Waals surface area contributed by atoms with Crippen LogP contribution in [0.3, 0.4) is 0 Å². The van der Waals surface area contributed by atoms with E-state index in [1.54, 1.807) is 24.3 Å². The summed E-state index contributed by atoms with van der Waals surface area (Å²) < 4.78 is 5.14. The van der Waals surface area contributed by atoms with E-state index in [1.165, 1.54) is 24.2 Å². The smallest absolute Gasteiger partial charge is 0.339 e. The molecule has 1 atom stereocenters. The molecule has 2 rings (SSSR count). The molecule has 0 aliphatic carbocycles. The lowest BCUT2D eigenvalue weighted by atomic mass is 9.99. The Bertz CT molecular complexity index is 833. The Morgan fingerprint density at radius 3 is 2.39 bits per heavy atom. The van der Waals surface area contributed by atoms with Crippen molar-refractivity contribution in [3.63, 3.8) is 0 Å². The second-order valence-electron chi connectivity index (χ2n) is 6.54. The minimum absolute atomic E-state index is 0.0203. The highest BCUT2D eigenvalue weighted by Crippen LogP contribution is 2.23. The van der Waals surface area contributed by atoms with Crippen molar-refractivity contribution in [2.75, 3.05) is 17.7 Å². The summed E-state index contributed by atoms with van der Waals surface area (Å²) in [6.07, 6.45) is 1.05. The number of carbonyl (C=O) groups is 3. The SMILES string of the molecule is CC[C@@H](C)c1ccc(NC(=O)COC(=O)c2ccccc2SCC(C)=O)cc1. The van der Waals surface area contributed by atoms with Crippen molar-refractivity contribution < 1.29 is 19.1 Å². The van der Waals surface area contributed by atoms with E-state index in [2.05, 4.69) is 19.2 Å². The summed E-state index contributed by atoms with van der Waals surface area (Å²) in [5.41, 5.74) is 2.22. The molecule has 2 aromatic carbocycles. The highest BCUT2D eigenvalue weighted by atomic mass is 32.2. The number of ketones is 1. The average molecular weight is 400 g/mol. The first kappa shape index (κ1) is 21.7. The quantitative estimate of drug-likeness (QED) is 0.490. The van der Waals surface area contributed by atoms with Crippen molar-refractivity contribution in [3.05, 3.63) is 59.7 Å². The van der Waals surface area contributed by atoms with Gasteiger partial charge in [0.1, 0.15) is 5.78 Å². The van der Waals surface area contributed by atoms with Crippen molar-refractivity contribution in [3.8, 4) is 0 Å². The number of esters is 1. The molecular formula is C22H25NO4S. The lowest BCUT2D eigenvalue weighted by Gasteiger charge is -2.11. The van der Waals surface area contributed by atoms with Crippen LogP contribution in [0.1, 0.15) is 49.0 Å². The highest BCUT2D eigenvalue weighted by molar-refractivity contribution is 8.00. The number of anilines is 1. The fourth-order valence-electron chi connectivity index (χ4n) is 2.48. The number of carbonyl (C=O) groups excluding carboxylic acids is 3. The first-order valence-corrected chi connectivity index (χ1v) is 10.2. The van der Waals surface area contributed by atoms with Crippen molar-refractivity contribution in [2.45, 2.75) is 38.0 Å². The van der Waals surface area contributed by atoms with Gasteiger partial charge in [0, 0.05) is 10.6 Å². The zero-order valence-electron chi connectivity index (χ0n) is 16.4. The maximum atomic E-state index is 12.3. The van der Waals surface area contributed by atoms with Crippen LogP contribution in [0.5, 0.6) is 0 Å². The summed E-state index contributed by atoms with van der Waals surface area (Å²) in [5, 5.41) is 2.72. The molecule has 1 amide bonds. The summed E-state index contributed by atoms with van der Waals surface area (Å²) in [6.45, 7) is 5.40. The van der Waals surface area contributed by atoms with Crippen LogP contribution in [0.4, 0.5) is 5.69 Å². The van der Waals surface area contributed by atoms with Gasteiger partial charge < -0.3 is 10.1 Å². The summed E-state index contributed by atoms with van der Waals surface area (Å²) >= 11 is 1.27. The van der Waals surface area contributed by atoms with Crippen LogP contribution >= 0.6 is 11.8 Å². The maximum absolute atomic E-state index is 12.3. The summed E-state index contributed by atoms with van der Waals surface area (Å²) in [6, 6.07) is 14.5. The molecule has 28 heavy (non-hydrogen) atoms. The van der Waals surface area contributed by atoms with Crippen LogP contribution in [0.15, 0.2) is 53.4 Å². The standard InChI is InChI=1S/C22H25NO4S/c1-4-15(2)17-9-11-18(12-10-17)23-21(25)13-27-22(26)19-7-5-6-8-20(19)28-14-16(3)24/h5-12,15H,4,13-14H2,1-3H3,(H,23,25)/t15-/m1/s1. The van der Waals surface area contributed by atoms with E-state index in [0.29, 0.717) is 22.1 Å². The van der Waals surface area contributed by atoms with Gasteiger partial charge in [0.2, 0.25) is 0 Å². The number of thioether (sulfide) groups is 1. The predicted molar refractivity (Wildman–Crippen MR) is 112 cm³/mol. The van der Waals surface area contributed by atoms with Gasteiger partial charge in [-0.15, -0.1) is 11.8 Å². The molecule has 0 heterocycles. The van der Waals surface area contributed by atoms with Crippen LogP contribution in [0.2, 0.25) is 0 Å². The average Bonchev–Trinajstić information content (AvgIpc) is 2.70. The molecule has 148 valence electrons. The van der Waals surface area contributed by atoms with Gasteiger partial charge >= 0.3 is 5.97 Å². The normalized spacial score (nSPS) is 11.5. The third-order valence-corrected chi connectivity index (χ3v) is 5.47. The van der Waals surface area contributed by atoms with Gasteiger partial charge in [0.25, 0.3) is 5.91 Å². The molecule has 0 saturated carbocycles. The lowest BCUT2D eigenvalue weighted by molar-refractivity contribution is -0.119. The summed E-state index contributed by atoms with van der Waals surface area (Å²) in [4.78, 5) is 36.2. The molecule has 0 spiro atoms. The van der Waals surface area contributed by atoms with Gasteiger partial charge in [0.15, 0.2) is 6.61 Å². The molecule has 0 aliphatic heterocycles. The van der Waals surface area contributed by atoms with Crippen molar-refractivity contribution in [1.29, 1.82) is 0 Å². The number of Topliss-reactive ketones (excluding diaryl/α,β-unsaturated/α-hetero) is 1. The number of ether oxygens (including phenoxy) is 1. The Hall–Kier alpha value is -2.60. The Balaban J connectivity index is 1.90. The van der Waals surface area contributed by atoms with E-state index in [1.807, 2.05) is 24.3 Å². The first-order valence-electron chi connectivity index (χ1n) is 9.19. The lowest BCUT2D eigenvalue weighted by Crippen LogP contribution is -2.21. The molecule has 0 unspecified atom stereocenters. The third kappa shape index (κ3) is 6.53. The molecule has 0 aromatic heterocycles. The summed E-state index contributed by atoms with van der Waals surface area (Å²) in [5.74, 6) is -0.233. The maximum Gasteiger partial charge on any atom is 0.339 e. The molecule has 2 aromatic rings. The number of rotatable bonds is 9. The Labute approximate surface area is 169 Å². The van der Waals surface area contributed by atoms with Crippen LogP contribution in [0.25, 0.3) is 0 Å². The minimum Gasteiger partial charge on any atom is -0.452 e. The van der Waals surface area contributed by atoms with E-state index < -0.39 is 11.9 Å². The second kappa shape index (κ2) is 10.7. The van der Waals surface area contributed by atoms with E-state index in [-0.39, 0.29) is 18.1 Å². The van der Waals surface area contributed by atoms with Gasteiger partial charge in [0.05, 0.1) is 11.3 Å². The van der Waals surface area contributed by atoms with Gasteiger partial charge in [-0.25, -0.2) is 4.79 Å².